The first-order chi connectivity index (χ1) is 6.65. The fourth-order valence-corrected chi connectivity index (χ4v) is 2.09. The van der Waals surface area contributed by atoms with Crippen molar-refractivity contribution in [3.63, 3.8) is 0 Å². The van der Waals surface area contributed by atoms with E-state index in [0.29, 0.717) is 13.2 Å². The Hall–Kier alpha value is 0.0569. The molecule has 0 aromatic carbocycles. The molecular weight excluding hydrogens is 198 g/mol. The van der Waals surface area contributed by atoms with Gasteiger partial charge in [-0.15, -0.1) is 0 Å². The maximum Gasteiger partial charge on any atom is 0.578 e. The molecular formula is C9H22NO3Si. The van der Waals surface area contributed by atoms with Gasteiger partial charge in [0.25, 0.3) is 0 Å². The molecule has 5 heteroatoms. The third-order valence-corrected chi connectivity index (χ3v) is 3.49. The molecule has 2 unspecified atom stereocenters. The summed E-state index contributed by atoms with van der Waals surface area (Å²) in [6.45, 7) is 9.08. The van der Waals surface area contributed by atoms with Gasteiger partial charge in [-0.3, -0.25) is 0 Å². The van der Waals surface area contributed by atoms with Gasteiger partial charge < -0.3 is 19.0 Å². The molecule has 0 heterocycles. The van der Waals surface area contributed by atoms with Gasteiger partial charge in [-0.05, 0) is 27.2 Å². The van der Waals surface area contributed by atoms with Gasteiger partial charge in [0, 0.05) is 19.3 Å². The Balaban J connectivity index is 3.87. The predicted molar refractivity (Wildman–Crippen MR) is 57.8 cm³/mol. The summed E-state index contributed by atoms with van der Waals surface area (Å²) in [7, 11) is -1.58. The first-order valence-corrected chi connectivity index (χ1v) is 6.42. The molecule has 2 atom stereocenters. The van der Waals surface area contributed by atoms with Crippen molar-refractivity contribution in [3.05, 3.63) is 0 Å². The van der Waals surface area contributed by atoms with Gasteiger partial charge in [-0.1, -0.05) is 6.92 Å². The molecule has 0 saturated heterocycles. The van der Waals surface area contributed by atoms with Crippen molar-refractivity contribution in [1.82, 2.24) is 0 Å². The Morgan fingerprint density at radius 2 is 1.64 bits per heavy atom. The molecule has 2 N–H and O–H groups in total. The van der Waals surface area contributed by atoms with Crippen LogP contribution >= 0.6 is 0 Å². The van der Waals surface area contributed by atoms with E-state index in [1.165, 1.54) is 0 Å². The summed E-state index contributed by atoms with van der Waals surface area (Å²) >= 11 is 0. The van der Waals surface area contributed by atoms with Crippen molar-refractivity contribution in [1.29, 1.82) is 0 Å². The Labute approximate surface area is 88.7 Å². The fourth-order valence-electron chi connectivity index (χ4n) is 0.917. The largest absolute Gasteiger partial charge is 0.578 e. The van der Waals surface area contributed by atoms with Crippen LogP contribution in [0.25, 0.3) is 0 Å². The van der Waals surface area contributed by atoms with E-state index >= 15 is 0 Å². The highest BCUT2D eigenvalue weighted by Crippen LogP contribution is 2.04. The van der Waals surface area contributed by atoms with Gasteiger partial charge in [0.15, 0.2) is 0 Å². The Morgan fingerprint density at radius 3 is 2.00 bits per heavy atom. The molecule has 0 bridgehead atoms. The first-order valence-electron chi connectivity index (χ1n) is 5.20. The van der Waals surface area contributed by atoms with Crippen LogP contribution in [0.4, 0.5) is 0 Å². The van der Waals surface area contributed by atoms with E-state index in [9.17, 15) is 0 Å². The Morgan fingerprint density at radius 1 is 1.14 bits per heavy atom. The minimum Gasteiger partial charge on any atom is -0.371 e. The lowest BCUT2D eigenvalue weighted by molar-refractivity contribution is 0.0592. The summed E-state index contributed by atoms with van der Waals surface area (Å²) in [6, 6.07) is 0.0518. The van der Waals surface area contributed by atoms with Crippen LogP contribution in [-0.4, -0.2) is 34.9 Å². The second kappa shape index (κ2) is 8.37. The molecule has 0 aliphatic carbocycles. The highest BCUT2D eigenvalue weighted by Gasteiger charge is 2.23. The quantitative estimate of drug-likeness (QED) is 0.624. The lowest BCUT2D eigenvalue weighted by atomic mass is 10.1. The number of nitrogens with two attached hydrogens (primary N) is 1. The summed E-state index contributed by atoms with van der Waals surface area (Å²) in [5.41, 5.74) is 5.84. The molecule has 0 aromatic rings. The van der Waals surface area contributed by atoms with E-state index < -0.39 is 9.53 Å². The van der Waals surface area contributed by atoms with E-state index in [2.05, 4.69) is 0 Å². The number of rotatable bonds is 8. The Bertz CT molecular complexity index is 131. The van der Waals surface area contributed by atoms with Crippen molar-refractivity contribution >= 4 is 9.53 Å². The van der Waals surface area contributed by atoms with Crippen LogP contribution < -0.4 is 5.73 Å². The van der Waals surface area contributed by atoms with Crippen molar-refractivity contribution in [2.45, 2.75) is 46.3 Å². The summed E-state index contributed by atoms with van der Waals surface area (Å²) in [6.07, 6.45) is 0.890. The zero-order chi connectivity index (χ0) is 11.0. The van der Waals surface area contributed by atoms with Gasteiger partial charge >= 0.3 is 9.53 Å². The number of hydrogen-bond donors (Lipinski definition) is 1. The topological polar surface area (TPSA) is 53.7 Å². The maximum absolute atomic E-state index is 5.84. The maximum atomic E-state index is 5.84. The first kappa shape index (κ1) is 14.1. The summed E-state index contributed by atoms with van der Waals surface area (Å²) < 4.78 is 16.3. The highest BCUT2D eigenvalue weighted by atomic mass is 28.3. The van der Waals surface area contributed by atoms with Crippen LogP contribution in [0.5, 0.6) is 0 Å². The molecule has 14 heavy (non-hydrogen) atoms. The zero-order valence-corrected chi connectivity index (χ0v) is 10.6. The summed E-state index contributed by atoms with van der Waals surface area (Å²) in [5, 5.41) is 0. The molecule has 85 valence electrons. The van der Waals surface area contributed by atoms with E-state index in [1.54, 1.807) is 0 Å². The Kier molecular flexibility index (Phi) is 8.41. The molecule has 0 saturated carbocycles. The average Bonchev–Trinajstić information content (AvgIpc) is 2.17. The fraction of sp³-hybridized carbons (Fsp3) is 1.00. The molecule has 0 aliphatic rings. The van der Waals surface area contributed by atoms with E-state index in [1.807, 2.05) is 27.7 Å². The second-order valence-electron chi connectivity index (χ2n) is 3.01. The normalized spacial score (nSPS) is 15.9. The van der Waals surface area contributed by atoms with Crippen molar-refractivity contribution < 1.29 is 13.3 Å². The van der Waals surface area contributed by atoms with Gasteiger partial charge in [0.05, 0.1) is 6.10 Å². The third-order valence-electron chi connectivity index (χ3n) is 1.88. The van der Waals surface area contributed by atoms with Crippen molar-refractivity contribution in [2.75, 3.05) is 13.2 Å². The third kappa shape index (κ3) is 5.72. The standard InChI is InChI=1S/C9H22NO3Si/c1-5-9(10)8(4)13-14(11-6-2)12-7-3/h8-9H,5-7,10H2,1-4H3. The highest BCUT2D eigenvalue weighted by molar-refractivity contribution is 6.36. The molecule has 4 nitrogen and oxygen atoms in total. The minimum atomic E-state index is -1.58. The molecule has 0 aliphatic heterocycles. The second-order valence-corrected chi connectivity index (χ2v) is 4.32. The molecule has 0 amide bonds. The molecule has 0 aromatic heterocycles. The minimum absolute atomic E-state index is 0.00742. The lowest BCUT2D eigenvalue weighted by Crippen LogP contribution is -2.40. The molecule has 0 rings (SSSR count). The van der Waals surface area contributed by atoms with Gasteiger partial charge in [0.2, 0.25) is 0 Å². The summed E-state index contributed by atoms with van der Waals surface area (Å²) in [4.78, 5) is 0. The van der Waals surface area contributed by atoms with Crippen molar-refractivity contribution in [3.8, 4) is 0 Å². The lowest BCUT2D eigenvalue weighted by Gasteiger charge is -2.22. The van der Waals surface area contributed by atoms with Gasteiger partial charge in [-0.2, -0.15) is 0 Å². The monoisotopic (exact) mass is 220 g/mol. The van der Waals surface area contributed by atoms with E-state index in [-0.39, 0.29) is 12.1 Å². The SMILES string of the molecule is CCO[Si](OCC)OC(C)C(N)CC. The smallest absolute Gasteiger partial charge is 0.371 e. The molecule has 1 radical (unpaired) electrons. The van der Waals surface area contributed by atoms with Gasteiger partial charge in [0.1, 0.15) is 0 Å². The van der Waals surface area contributed by atoms with E-state index in [4.69, 9.17) is 19.0 Å². The number of hydrogen-bond acceptors (Lipinski definition) is 4. The molecule has 0 spiro atoms. The van der Waals surface area contributed by atoms with E-state index in [0.717, 1.165) is 6.42 Å². The van der Waals surface area contributed by atoms with Crippen LogP contribution in [0.2, 0.25) is 0 Å². The zero-order valence-electron chi connectivity index (χ0n) is 9.58. The van der Waals surface area contributed by atoms with Crippen LogP contribution in [0.1, 0.15) is 34.1 Å². The van der Waals surface area contributed by atoms with Crippen LogP contribution in [-0.2, 0) is 13.3 Å². The molecule has 0 fully saturated rings. The van der Waals surface area contributed by atoms with Crippen LogP contribution in [0.3, 0.4) is 0 Å². The van der Waals surface area contributed by atoms with Crippen LogP contribution in [0, 0.1) is 0 Å². The van der Waals surface area contributed by atoms with Crippen LogP contribution in [0.15, 0.2) is 0 Å². The summed E-state index contributed by atoms with van der Waals surface area (Å²) in [5.74, 6) is 0. The van der Waals surface area contributed by atoms with Gasteiger partial charge in [-0.25, -0.2) is 0 Å². The van der Waals surface area contributed by atoms with Crippen molar-refractivity contribution in [2.24, 2.45) is 5.73 Å². The predicted octanol–water partition coefficient (Wildman–Crippen LogP) is 1.19. The average molecular weight is 220 g/mol.